The molecule has 0 saturated heterocycles. The van der Waals surface area contributed by atoms with Crippen molar-refractivity contribution in [2.75, 3.05) is 17.7 Å². The number of amides is 1. The molecule has 0 saturated carbocycles. The van der Waals surface area contributed by atoms with E-state index in [1.54, 1.807) is 25.3 Å². The van der Waals surface area contributed by atoms with Crippen molar-refractivity contribution in [2.45, 2.75) is 13.0 Å². The van der Waals surface area contributed by atoms with E-state index in [1.807, 2.05) is 0 Å². The number of fused-ring (bicyclic) bond motifs is 2. The van der Waals surface area contributed by atoms with E-state index in [-0.39, 0.29) is 22.8 Å². The van der Waals surface area contributed by atoms with E-state index in [4.69, 9.17) is 13.6 Å². The summed E-state index contributed by atoms with van der Waals surface area (Å²) in [5.41, 5.74) is 8.72. The van der Waals surface area contributed by atoms with Crippen LogP contribution < -0.4 is 16.5 Å². The van der Waals surface area contributed by atoms with Gasteiger partial charge < -0.3 is 11.1 Å². The molecule has 0 spiro atoms. The van der Waals surface area contributed by atoms with Gasteiger partial charge in [0, 0.05) is 29.0 Å². The van der Waals surface area contributed by atoms with Crippen LogP contribution >= 0.6 is 0 Å². The third-order valence-corrected chi connectivity index (χ3v) is 5.67. The number of sulfone groups is 1. The molecular weight excluding hydrogens is 434 g/mol. The summed E-state index contributed by atoms with van der Waals surface area (Å²) in [6.45, 7) is 1.62. The Bertz CT molecular complexity index is 1490. The van der Waals surface area contributed by atoms with Crippen LogP contribution in [0.1, 0.15) is 18.7 Å². The van der Waals surface area contributed by atoms with Gasteiger partial charge in [-0.25, -0.2) is 17.8 Å². The maximum absolute atomic E-state index is 13.7. The quantitative estimate of drug-likeness (QED) is 0.426. The van der Waals surface area contributed by atoms with E-state index in [9.17, 15) is 17.6 Å². The first-order chi connectivity index (χ1) is 15.0. The van der Waals surface area contributed by atoms with Crippen LogP contribution in [0.2, 0.25) is 0 Å². The number of halogens is 1. The van der Waals surface area contributed by atoms with Crippen LogP contribution in [0.4, 0.5) is 10.2 Å². The second-order valence-electron chi connectivity index (χ2n) is 7.51. The van der Waals surface area contributed by atoms with Gasteiger partial charge >= 0.3 is 0 Å². The summed E-state index contributed by atoms with van der Waals surface area (Å²) >= 11 is 0. The largest absolute Gasteiger partial charge is 0.384 e. The average molecular weight is 452 g/mol. The zero-order chi connectivity index (χ0) is 23.2. The average Bonchev–Trinajstić information content (AvgIpc) is 3.12. The van der Waals surface area contributed by atoms with Crippen LogP contribution in [-0.2, 0) is 14.6 Å². The first kappa shape index (κ1) is 21.7. The third-order valence-electron chi connectivity index (χ3n) is 4.89. The van der Waals surface area contributed by atoms with Crippen molar-refractivity contribution in [3.8, 4) is 11.1 Å². The number of pyridine rings is 1. The monoisotopic (exact) mass is 452 g/mol. The van der Waals surface area contributed by atoms with E-state index in [0.717, 1.165) is 6.26 Å². The van der Waals surface area contributed by atoms with Gasteiger partial charge in [-0.1, -0.05) is 0 Å². The third kappa shape index (κ3) is 4.13. The second-order valence-corrected chi connectivity index (χ2v) is 9.65. The lowest BCUT2D eigenvalue weighted by atomic mass is 9.91. The van der Waals surface area contributed by atoms with Gasteiger partial charge in [-0.15, -0.1) is 0 Å². The van der Waals surface area contributed by atoms with E-state index in [1.165, 1.54) is 22.8 Å². The van der Waals surface area contributed by atoms with Crippen LogP contribution in [0, 0.1) is 5.82 Å². The van der Waals surface area contributed by atoms with Gasteiger partial charge in [-0.3, -0.25) is 9.78 Å². The summed E-state index contributed by atoms with van der Waals surface area (Å²) in [4.78, 5) is 20.9. The number of aromatic nitrogens is 4. The highest BCUT2D eigenvalue weighted by atomic mass is 32.2. The highest BCUT2D eigenvalue weighted by Gasteiger charge is 2.21. The molecule has 0 aliphatic carbocycles. The van der Waals surface area contributed by atoms with Crippen molar-refractivity contribution in [1.29, 1.82) is 0 Å². The lowest BCUT2D eigenvalue weighted by molar-refractivity contribution is -0.119. The fourth-order valence-electron chi connectivity index (χ4n) is 3.42. The number of hydrogen-bond acceptors (Lipinski definition) is 7. The Labute approximate surface area is 184 Å². The lowest BCUT2D eigenvalue weighted by Gasteiger charge is -2.18. The molecule has 32 heavy (non-hydrogen) atoms. The molecule has 1 aromatic carbocycles. The summed E-state index contributed by atoms with van der Waals surface area (Å²) < 4.78 is 37.8. The van der Waals surface area contributed by atoms with Gasteiger partial charge in [0.15, 0.2) is 15.5 Å². The minimum Gasteiger partial charge on any atom is -0.384 e. The van der Waals surface area contributed by atoms with Crippen molar-refractivity contribution in [2.24, 2.45) is 0 Å². The summed E-state index contributed by atoms with van der Waals surface area (Å²) in [5.74, 6) is -1.62. The van der Waals surface area contributed by atoms with E-state index in [2.05, 4.69) is 20.4 Å². The number of benzene rings is 1. The minimum absolute atomic E-state index is 0.109. The Kier molecular flexibility index (Phi) is 5.33. The molecule has 3 aromatic heterocycles. The number of carbonyl (C=O) groups excluding carboxylic acids is 1. The van der Waals surface area contributed by atoms with Crippen molar-refractivity contribution in [1.82, 2.24) is 24.9 Å². The Balaban J connectivity index is 1.78. The molecule has 3 heterocycles. The highest BCUT2D eigenvalue weighted by Crippen LogP contribution is 2.27. The smallest absolute Gasteiger partial charge is 0.235 e. The fraction of sp³-hybridized carbons (Fsp3) is 0.200. The van der Waals surface area contributed by atoms with Crippen LogP contribution in [0.25, 0.3) is 27.7 Å². The molecule has 0 fully saturated rings. The van der Waals surface area contributed by atoms with Gasteiger partial charge in [-0.05, 0) is 36.7 Å². The van der Waals surface area contributed by atoms with Crippen LogP contribution in [0.3, 0.4) is 0 Å². The molecule has 3 N–H and O–H groups in total. The summed E-state index contributed by atoms with van der Waals surface area (Å²) in [6.07, 6.45) is 4.12. The maximum atomic E-state index is 13.7. The Morgan fingerprint density at radius 2 is 2.06 bits per heavy atom. The SMILES string of the molecule is [B]c1c(C(C)NC(=O)CS(C)(=O)=O)nc2c(-c3cnc4ccc(F)cc4c3)cnn2c1N. The lowest BCUT2D eigenvalue weighted by Crippen LogP contribution is -2.35. The first-order valence-electron chi connectivity index (χ1n) is 9.49. The fourth-order valence-corrected chi connectivity index (χ4v) is 3.98. The molecular formula is C20H18BFN6O3S. The zero-order valence-electron chi connectivity index (χ0n) is 17.2. The van der Waals surface area contributed by atoms with Crippen LogP contribution in [0.5, 0.6) is 0 Å². The number of carbonyl (C=O) groups is 1. The van der Waals surface area contributed by atoms with E-state index >= 15 is 0 Å². The predicted octanol–water partition coefficient (Wildman–Crippen LogP) is 0.681. The van der Waals surface area contributed by atoms with Gasteiger partial charge in [0.05, 0.1) is 23.4 Å². The summed E-state index contributed by atoms with van der Waals surface area (Å²) in [7, 11) is 2.62. The molecule has 1 amide bonds. The number of anilines is 1. The molecule has 0 bridgehead atoms. The first-order valence-corrected chi connectivity index (χ1v) is 11.5. The number of rotatable bonds is 5. The van der Waals surface area contributed by atoms with Gasteiger partial charge in [-0.2, -0.15) is 9.61 Å². The molecule has 12 heteroatoms. The van der Waals surface area contributed by atoms with Crippen LogP contribution in [0.15, 0.2) is 36.7 Å². The molecule has 1 unspecified atom stereocenters. The Morgan fingerprint density at radius 3 is 2.78 bits per heavy atom. The number of hydrogen-bond donors (Lipinski definition) is 2. The highest BCUT2D eigenvalue weighted by molar-refractivity contribution is 7.91. The van der Waals surface area contributed by atoms with Crippen molar-refractivity contribution in [3.63, 3.8) is 0 Å². The molecule has 0 aliphatic heterocycles. The number of nitrogen functional groups attached to an aromatic ring is 1. The number of nitrogens with two attached hydrogens (primary N) is 1. The standard InChI is InChI=1S/C20H18BFN6O3S/c1-10(26-16(29)9-32(2,30)31)18-17(21)19(23)28-20(27-18)14(8-25-28)12-5-11-6-13(22)3-4-15(11)24-7-12/h3-8,10H,9,23H2,1-2H3,(H,26,29). The van der Waals surface area contributed by atoms with Gasteiger partial charge in [0.2, 0.25) is 5.91 Å². The van der Waals surface area contributed by atoms with E-state index < -0.39 is 27.5 Å². The van der Waals surface area contributed by atoms with Gasteiger partial charge in [0.1, 0.15) is 25.2 Å². The second kappa shape index (κ2) is 7.86. The summed E-state index contributed by atoms with van der Waals surface area (Å²) in [6, 6.07) is 5.33. The van der Waals surface area contributed by atoms with Crippen molar-refractivity contribution >= 4 is 51.4 Å². The normalized spacial score (nSPS) is 12.8. The predicted molar refractivity (Wildman–Crippen MR) is 120 cm³/mol. The van der Waals surface area contributed by atoms with Crippen LogP contribution in [-0.4, -0.2) is 53.8 Å². The Morgan fingerprint density at radius 1 is 1.31 bits per heavy atom. The topological polar surface area (TPSA) is 132 Å². The number of nitrogens with zero attached hydrogens (tertiary/aromatic N) is 4. The molecule has 1 atom stereocenters. The molecule has 2 radical (unpaired) electrons. The molecule has 0 aliphatic rings. The minimum atomic E-state index is -3.50. The zero-order valence-corrected chi connectivity index (χ0v) is 18.0. The van der Waals surface area contributed by atoms with E-state index in [0.29, 0.717) is 27.7 Å². The van der Waals surface area contributed by atoms with Crippen molar-refractivity contribution in [3.05, 3.63) is 48.2 Å². The summed E-state index contributed by atoms with van der Waals surface area (Å²) in [5, 5.41) is 7.41. The molecule has 4 rings (SSSR count). The number of nitrogens with one attached hydrogen (secondary N) is 1. The molecule has 9 nitrogen and oxygen atoms in total. The molecule has 162 valence electrons. The molecule has 4 aromatic rings. The Hall–Kier alpha value is -3.54. The van der Waals surface area contributed by atoms with Gasteiger partial charge in [0.25, 0.3) is 0 Å². The van der Waals surface area contributed by atoms with Crippen molar-refractivity contribution < 1.29 is 17.6 Å². The maximum Gasteiger partial charge on any atom is 0.235 e.